The molecular formula is C14H19N3O2. The molecule has 5 nitrogen and oxygen atoms in total. The zero-order valence-electron chi connectivity index (χ0n) is 10.9. The number of hydrogen-bond donors (Lipinski definition) is 2. The van der Waals surface area contributed by atoms with Crippen LogP contribution in [0, 0.1) is 11.3 Å². The Morgan fingerprint density at radius 2 is 2.21 bits per heavy atom. The van der Waals surface area contributed by atoms with Crippen LogP contribution in [0.5, 0.6) is 0 Å². The van der Waals surface area contributed by atoms with Gasteiger partial charge in [0.15, 0.2) is 0 Å². The van der Waals surface area contributed by atoms with E-state index >= 15 is 0 Å². The summed E-state index contributed by atoms with van der Waals surface area (Å²) < 4.78 is 5.27. The fourth-order valence-electron chi connectivity index (χ4n) is 2.08. The van der Waals surface area contributed by atoms with Gasteiger partial charge in [-0.05, 0) is 18.2 Å². The lowest BCUT2D eigenvalue weighted by molar-refractivity contribution is 0.0171. The maximum atomic E-state index is 9.98. The monoisotopic (exact) mass is 261 g/mol. The van der Waals surface area contributed by atoms with Crippen LogP contribution in [0.15, 0.2) is 24.3 Å². The second kappa shape index (κ2) is 7.10. The Bertz CT molecular complexity index is 439. The average Bonchev–Trinajstić information content (AvgIpc) is 2.46. The average molecular weight is 261 g/mol. The minimum Gasteiger partial charge on any atom is -0.390 e. The molecule has 1 unspecified atom stereocenters. The molecule has 1 aliphatic rings. The molecule has 0 amide bonds. The minimum atomic E-state index is -0.427. The number of benzene rings is 1. The van der Waals surface area contributed by atoms with E-state index in [1.54, 1.807) is 12.1 Å². The fraction of sp³-hybridized carbons (Fsp3) is 0.500. The van der Waals surface area contributed by atoms with E-state index in [0.29, 0.717) is 18.7 Å². The van der Waals surface area contributed by atoms with Gasteiger partial charge in [-0.3, -0.25) is 4.90 Å². The molecule has 1 aromatic rings. The maximum absolute atomic E-state index is 9.98. The first kappa shape index (κ1) is 13.8. The van der Waals surface area contributed by atoms with Crippen molar-refractivity contribution < 1.29 is 9.84 Å². The van der Waals surface area contributed by atoms with Crippen LogP contribution < -0.4 is 5.32 Å². The fourth-order valence-corrected chi connectivity index (χ4v) is 2.08. The minimum absolute atomic E-state index is 0.427. The number of nitriles is 1. The van der Waals surface area contributed by atoms with Gasteiger partial charge in [-0.25, -0.2) is 0 Å². The van der Waals surface area contributed by atoms with Crippen LogP contribution in [-0.2, 0) is 4.74 Å². The molecule has 1 fully saturated rings. The Labute approximate surface area is 113 Å². The van der Waals surface area contributed by atoms with Gasteiger partial charge in [0.1, 0.15) is 0 Å². The van der Waals surface area contributed by atoms with Crippen LogP contribution in [0.2, 0.25) is 0 Å². The molecular weight excluding hydrogens is 242 g/mol. The van der Waals surface area contributed by atoms with Gasteiger partial charge in [0.25, 0.3) is 0 Å². The first-order chi connectivity index (χ1) is 9.28. The molecule has 0 bridgehead atoms. The largest absolute Gasteiger partial charge is 0.390 e. The molecule has 1 saturated heterocycles. The number of rotatable bonds is 5. The highest BCUT2D eigenvalue weighted by Crippen LogP contribution is 2.09. The highest BCUT2D eigenvalue weighted by atomic mass is 16.5. The number of hydrogen-bond acceptors (Lipinski definition) is 5. The second-order valence-corrected chi connectivity index (χ2v) is 4.64. The molecule has 0 aliphatic carbocycles. The quantitative estimate of drug-likeness (QED) is 0.815. The highest BCUT2D eigenvalue weighted by molar-refractivity contribution is 5.49. The molecule has 102 valence electrons. The van der Waals surface area contributed by atoms with Gasteiger partial charge in [-0.1, -0.05) is 6.07 Å². The normalized spacial score (nSPS) is 17.7. The molecule has 0 radical (unpaired) electrons. The number of anilines is 1. The lowest BCUT2D eigenvalue weighted by atomic mass is 10.2. The highest BCUT2D eigenvalue weighted by Gasteiger charge is 2.14. The number of β-amino-alcohol motifs (C(OH)–C–C–N with tert-alkyl or cyclic N) is 1. The van der Waals surface area contributed by atoms with E-state index in [-0.39, 0.29) is 0 Å². The van der Waals surface area contributed by atoms with Crippen molar-refractivity contribution in [2.45, 2.75) is 6.10 Å². The van der Waals surface area contributed by atoms with Crippen LogP contribution in [0.4, 0.5) is 5.69 Å². The predicted molar refractivity (Wildman–Crippen MR) is 72.9 cm³/mol. The van der Waals surface area contributed by atoms with E-state index in [1.807, 2.05) is 12.1 Å². The molecule has 1 aliphatic heterocycles. The zero-order valence-corrected chi connectivity index (χ0v) is 10.9. The van der Waals surface area contributed by atoms with Crippen LogP contribution >= 0.6 is 0 Å². The van der Waals surface area contributed by atoms with Gasteiger partial charge in [0.05, 0.1) is 31.0 Å². The number of nitrogens with zero attached hydrogens (tertiary/aromatic N) is 2. The van der Waals surface area contributed by atoms with Crippen LogP contribution in [-0.4, -0.2) is 55.5 Å². The summed E-state index contributed by atoms with van der Waals surface area (Å²) in [5.74, 6) is 0. The molecule has 5 heteroatoms. The number of ether oxygens (including phenoxy) is 1. The molecule has 19 heavy (non-hydrogen) atoms. The molecule has 0 aromatic heterocycles. The third kappa shape index (κ3) is 4.52. The van der Waals surface area contributed by atoms with Gasteiger partial charge in [-0.2, -0.15) is 5.26 Å². The third-order valence-corrected chi connectivity index (χ3v) is 3.11. The van der Waals surface area contributed by atoms with Crippen molar-refractivity contribution in [3.63, 3.8) is 0 Å². The van der Waals surface area contributed by atoms with Gasteiger partial charge in [0, 0.05) is 31.9 Å². The molecule has 1 atom stereocenters. The van der Waals surface area contributed by atoms with Gasteiger partial charge >= 0.3 is 0 Å². The topological polar surface area (TPSA) is 68.5 Å². The summed E-state index contributed by atoms with van der Waals surface area (Å²) >= 11 is 0. The van der Waals surface area contributed by atoms with Crippen molar-refractivity contribution in [3.8, 4) is 6.07 Å². The van der Waals surface area contributed by atoms with Crippen molar-refractivity contribution in [1.82, 2.24) is 4.90 Å². The Morgan fingerprint density at radius 1 is 1.42 bits per heavy atom. The lowest BCUT2D eigenvalue weighted by Gasteiger charge is -2.28. The number of aliphatic hydroxyl groups is 1. The standard InChI is InChI=1S/C14H19N3O2/c15-9-12-2-1-3-13(8-12)16-10-14(18)11-17-4-6-19-7-5-17/h1-3,8,14,16,18H,4-7,10-11H2. The summed E-state index contributed by atoms with van der Waals surface area (Å²) in [6.07, 6.45) is -0.427. The number of aliphatic hydroxyl groups excluding tert-OH is 1. The molecule has 2 N–H and O–H groups in total. The molecule has 0 spiro atoms. The van der Waals surface area contributed by atoms with Gasteiger partial charge < -0.3 is 15.2 Å². The molecule has 2 rings (SSSR count). The Kier molecular flexibility index (Phi) is 5.16. The predicted octanol–water partition coefficient (Wildman–Crippen LogP) is 0.663. The van der Waals surface area contributed by atoms with E-state index in [4.69, 9.17) is 10.00 Å². The zero-order chi connectivity index (χ0) is 13.5. The smallest absolute Gasteiger partial charge is 0.0992 e. The maximum Gasteiger partial charge on any atom is 0.0992 e. The van der Waals surface area contributed by atoms with Crippen molar-refractivity contribution in [3.05, 3.63) is 29.8 Å². The summed E-state index contributed by atoms with van der Waals surface area (Å²) in [4.78, 5) is 2.20. The van der Waals surface area contributed by atoms with Crippen molar-refractivity contribution in [1.29, 1.82) is 5.26 Å². The van der Waals surface area contributed by atoms with E-state index in [0.717, 1.165) is 32.0 Å². The van der Waals surface area contributed by atoms with E-state index in [1.165, 1.54) is 0 Å². The summed E-state index contributed by atoms with van der Waals surface area (Å²) in [6.45, 7) is 4.36. The van der Waals surface area contributed by atoms with Crippen molar-refractivity contribution in [2.24, 2.45) is 0 Å². The van der Waals surface area contributed by atoms with Crippen LogP contribution in [0.1, 0.15) is 5.56 Å². The van der Waals surface area contributed by atoms with Crippen LogP contribution in [0.3, 0.4) is 0 Å². The summed E-state index contributed by atoms with van der Waals surface area (Å²) in [7, 11) is 0. The van der Waals surface area contributed by atoms with E-state index in [2.05, 4.69) is 16.3 Å². The van der Waals surface area contributed by atoms with Crippen molar-refractivity contribution in [2.75, 3.05) is 44.7 Å². The molecule has 0 saturated carbocycles. The first-order valence-electron chi connectivity index (χ1n) is 6.50. The first-order valence-corrected chi connectivity index (χ1v) is 6.50. The number of morpholine rings is 1. The summed E-state index contributed by atoms with van der Waals surface area (Å²) in [5.41, 5.74) is 1.48. The third-order valence-electron chi connectivity index (χ3n) is 3.11. The SMILES string of the molecule is N#Cc1cccc(NCC(O)CN2CCOCC2)c1. The summed E-state index contributed by atoms with van der Waals surface area (Å²) in [5, 5.41) is 21.9. The van der Waals surface area contributed by atoms with E-state index in [9.17, 15) is 5.11 Å². The molecule has 1 heterocycles. The van der Waals surface area contributed by atoms with Gasteiger partial charge in [0.2, 0.25) is 0 Å². The second-order valence-electron chi connectivity index (χ2n) is 4.64. The Hall–Kier alpha value is -1.61. The van der Waals surface area contributed by atoms with Crippen molar-refractivity contribution >= 4 is 5.69 Å². The van der Waals surface area contributed by atoms with Crippen LogP contribution in [0.25, 0.3) is 0 Å². The van der Waals surface area contributed by atoms with Gasteiger partial charge in [-0.15, -0.1) is 0 Å². The Balaban J connectivity index is 1.76. The lowest BCUT2D eigenvalue weighted by Crippen LogP contribution is -2.42. The summed E-state index contributed by atoms with van der Waals surface area (Å²) in [6, 6.07) is 9.35. The van der Waals surface area contributed by atoms with E-state index < -0.39 is 6.10 Å². The molecule has 1 aromatic carbocycles. The Morgan fingerprint density at radius 3 is 2.95 bits per heavy atom. The number of nitrogens with one attached hydrogen (secondary N) is 1.